The summed E-state index contributed by atoms with van der Waals surface area (Å²) in [6.45, 7) is 2.08. The van der Waals surface area contributed by atoms with Crippen LogP contribution in [0.5, 0.6) is 0 Å². The number of likely N-dealkylation sites (tertiary alicyclic amines) is 1. The average Bonchev–Trinajstić information content (AvgIpc) is 3.07. The van der Waals surface area contributed by atoms with Crippen LogP contribution in [0.3, 0.4) is 0 Å². The van der Waals surface area contributed by atoms with E-state index >= 15 is 0 Å². The minimum Gasteiger partial charge on any atom is -0.369 e. The second kappa shape index (κ2) is 8.13. The standard InChI is InChI=1S/C21H22BrClN4/c1-27-12-2-3-17(27)10-11-24-21-18-13-16(23)8-9-19(18)25-20(26-21)14-4-6-15(22)7-5-14/h4-9,13,17H,2-3,10-12H2,1H3,(H,24,25,26). The number of hydrogen-bond acceptors (Lipinski definition) is 4. The van der Waals surface area contributed by atoms with Gasteiger partial charge in [0.05, 0.1) is 5.52 Å². The zero-order valence-electron chi connectivity index (χ0n) is 15.3. The van der Waals surface area contributed by atoms with Crippen molar-refractivity contribution in [2.24, 2.45) is 0 Å². The Bertz CT molecular complexity index is 945. The minimum absolute atomic E-state index is 0.653. The van der Waals surface area contributed by atoms with E-state index in [0.29, 0.717) is 11.1 Å². The lowest BCUT2D eigenvalue weighted by Gasteiger charge is -2.20. The van der Waals surface area contributed by atoms with Gasteiger partial charge in [-0.25, -0.2) is 9.97 Å². The van der Waals surface area contributed by atoms with Gasteiger partial charge in [0.15, 0.2) is 5.82 Å². The van der Waals surface area contributed by atoms with Gasteiger partial charge in [-0.15, -0.1) is 0 Å². The van der Waals surface area contributed by atoms with Crippen molar-refractivity contribution >= 4 is 44.3 Å². The van der Waals surface area contributed by atoms with Gasteiger partial charge in [-0.3, -0.25) is 0 Å². The first kappa shape index (κ1) is 18.7. The van der Waals surface area contributed by atoms with Crippen LogP contribution in [-0.4, -0.2) is 41.0 Å². The van der Waals surface area contributed by atoms with Crippen molar-refractivity contribution in [3.05, 3.63) is 52.0 Å². The van der Waals surface area contributed by atoms with E-state index in [0.717, 1.165) is 45.5 Å². The SMILES string of the molecule is CN1CCCC1CCNc1nc(-c2ccc(Br)cc2)nc2ccc(Cl)cc12. The molecule has 2 aromatic carbocycles. The van der Waals surface area contributed by atoms with Crippen molar-refractivity contribution in [1.29, 1.82) is 0 Å². The molecule has 1 fully saturated rings. The molecule has 0 bridgehead atoms. The van der Waals surface area contributed by atoms with E-state index < -0.39 is 0 Å². The molecule has 0 radical (unpaired) electrons. The molecule has 140 valence electrons. The van der Waals surface area contributed by atoms with Gasteiger partial charge in [-0.1, -0.05) is 39.7 Å². The highest BCUT2D eigenvalue weighted by Crippen LogP contribution is 2.28. The van der Waals surface area contributed by atoms with Crippen molar-refractivity contribution in [2.45, 2.75) is 25.3 Å². The van der Waals surface area contributed by atoms with E-state index in [9.17, 15) is 0 Å². The minimum atomic E-state index is 0.653. The van der Waals surface area contributed by atoms with Crippen molar-refractivity contribution in [3.8, 4) is 11.4 Å². The Labute approximate surface area is 173 Å². The smallest absolute Gasteiger partial charge is 0.162 e. The fourth-order valence-corrected chi connectivity index (χ4v) is 4.10. The van der Waals surface area contributed by atoms with E-state index in [1.165, 1.54) is 19.4 Å². The van der Waals surface area contributed by atoms with Crippen molar-refractivity contribution in [3.63, 3.8) is 0 Å². The van der Waals surface area contributed by atoms with Crippen LogP contribution in [0.1, 0.15) is 19.3 Å². The fraction of sp³-hybridized carbons (Fsp3) is 0.333. The summed E-state index contributed by atoms with van der Waals surface area (Å²) in [5, 5.41) is 5.19. The summed E-state index contributed by atoms with van der Waals surface area (Å²) in [6.07, 6.45) is 3.68. The second-order valence-electron chi connectivity index (χ2n) is 7.06. The van der Waals surface area contributed by atoms with Gasteiger partial charge in [0, 0.05) is 33.0 Å². The number of halogens is 2. The summed E-state index contributed by atoms with van der Waals surface area (Å²) in [7, 11) is 2.21. The average molecular weight is 446 g/mol. The number of hydrogen-bond donors (Lipinski definition) is 1. The molecular weight excluding hydrogens is 424 g/mol. The Balaban J connectivity index is 1.64. The third-order valence-corrected chi connectivity index (χ3v) is 5.97. The molecule has 1 unspecified atom stereocenters. The zero-order valence-corrected chi connectivity index (χ0v) is 17.6. The number of fused-ring (bicyclic) bond motifs is 1. The third-order valence-electron chi connectivity index (χ3n) is 5.20. The summed E-state index contributed by atoms with van der Waals surface area (Å²) in [4.78, 5) is 12.0. The zero-order chi connectivity index (χ0) is 18.8. The molecule has 0 spiro atoms. The highest BCUT2D eigenvalue weighted by molar-refractivity contribution is 9.10. The van der Waals surface area contributed by atoms with E-state index in [1.54, 1.807) is 0 Å². The summed E-state index contributed by atoms with van der Waals surface area (Å²) >= 11 is 9.71. The van der Waals surface area contributed by atoms with Crippen LogP contribution in [0.2, 0.25) is 5.02 Å². The fourth-order valence-electron chi connectivity index (χ4n) is 3.66. The Morgan fingerprint density at radius 1 is 1.19 bits per heavy atom. The first-order valence-corrected chi connectivity index (χ1v) is 10.4. The molecule has 2 heterocycles. The number of rotatable bonds is 5. The number of anilines is 1. The highest BCUT2D eigenvalue weighted by Gasteiger charge is 2.20. The Hall–Kier alpha value is -1.69. The topological polar surface area (TPSA) is 41.0 Å². The summed E-state index contributed by atoms with van der Waals surface area (Å²) in [5.41, 5.74) is 1.89. The molecule has 1 aromatic heterocycles. The van der Waals surface area contributed by atoms with Gasteiger partial charge in [-0.05, 0) is 63.2 Å². The van der Waals surface area contributed by atoms with Gasteiger partial charge in [-0.2, -0.15) is 0 Å². The predicted molar refractivity (Wildman–Crippen MR) is 116 cm³/mol. The number of benzene rings is 2. The van der Waals surface area contributed by atoms with Gasteiger partial charge in [0.25, 0.3) is 0 Å². The number of nitrogens with zero attached hydrogens (tertiary/aromatic N) is 3. The largest absolute Gasteiger partial charge is 0.369 e. The number of nitrogens with one attached hydrogen (secondary N) is 1. The molecule has 0 aliphatic carbocycles. The molecule has 1 saturated heterocycles. The van der Waals surface area contributed by atoms with Crippen LogP contribution in [-0.2, 0) is 0 Å². The lowest BCUT2D eigenvalue weighted by atomic mass is 10.1. The van der Waals surface area contributed by atoms with E-state index in [-0.39, 0.29) is 0 Å². The molecular formula is C21H22BrClN4. The quantitative estimate of drug-likeness (QED) is 0.554. The first-order chi connectivity index (χ1) is 13.1. The first-order valence-electron chi connectivity index (χ1n) is 9.27. The van der Waals surface area contributed by atoms with Crippen LogP contribution in [0, 0.1) is 0 Å². The maximum absolute atomic E-state index is 6.23. The maximum Gasteiger partial charge on any atom is 0.162 e. The molecule has 1 N–H and O–H groups in total. The van der Waals surface area contributed by atoms with Crippen LogP contribution in [0.25, 0.3) is 22.3 Å². The van der Waals surface area contributed by atoms with Gasteiger partial charge < -0.3 is 10.2 Å². The molecule has 3 aromatic rings. The molecule has 1 aliphatic rings. The van der Waals surface area contributed by atoms with E-state index in [1.807, 2.05) is 42.5 Å². The van der Waals surface area contributed by atoms with Crippen molar-refractivity contribution in [1.82, 2.24) is 14.9 Å². The predicted octanol–water partition coefficient (Wildman–Crippen LogP) is 5.61. The monoisotopic (exact) mass is 444 g/mol. The normalized spacial score (nSPS) is 17.5. The van der Waals surface area contributed by atoms with Crippen LogP contribution >= 0.6 is 27.5 Å². The molecule has 0 saturated carbocycles. The molecule has 1 aliphatic heterocycles. The Morgan fingerprint density at radius 2 is 2.00 bits per heavy atom. The molecule has 4 nitrogen and oxygen atoms in total. The van der Waals surface area contributed by atoms with Gasteiger partial charge >= 0.3 is 0 Å². The lowest BCUT2D eigenvalue weighted by Crippen LogP contribution is -2.27. The maximum atomic E-state index is 6.23. The van der Waals surface area contributed by atoms with E-state index in [2.05, 4.69) is 33.2 Å². The summed E-state index contributed by atoms with van der Waals surface area (Å²) in [5.74, 6) is 1.57. The lowest BCUT2D eigenvalue weighted by molar-refractivity contribution is 0.301. The van der Waals surface area contributed by atoms with Crippen molar-refractivity contribution in [2.75, 3.05) is 25.5 Å². The second-order valence-corrected chi connectivity index (χ2v) is 8.41. The van der Waals surface area contributed by atoms with E-state index in [4.69, 9.17) is 21.6 Å². The summed E-state index contributed by atoms with van der Waals surface area (Å²) < 4.78 is 1.04. The molecule has 1 atom stereocenters. The van der Waals surface area contributed by atoms with Crippen LogP contribution in [0.15, 0.2) is 46.9 Å². The molecule has 6 heteroatoms. The van der Waals surface area contributed by atoms with Crippen molar-refractivity contribution < 1.29 is 0 Å². The Kier molecular flexibility index (Phi) is 5.62. The summed E-state index contributed by atoms with van der Waals surface area (Å²) in [6, 6.07) is 14.5. The molecule has 27 heavy (non-hydrogen) atoms. The van der Waals surface area contributed by atoms with Crippen LogP contribution < -0.4 is 5.32 Å². The Morgan fingerprint density at radius 3 is 2.74 bits per heavy atom. The van der Waals surface area contributed by atoms with Gasteiger partial charge in [0.1, 0.15) is 5.82 Å². The van der Waals surface area contributed by atoms with Gasteiger partial charge in [0.2, 0.25) is 0 Å². The number of aromatic nitrogens is 2. The highest BCUT2D eigenvalue weighted by atomic mass is 79.9. The third kappa shape index (κ3) is 4.26. The van der Waals surface area contributed by atoms with Crippen LogP contribution in [0.4, 0.5) is 5.82 Å². The molecule has 4 rings (SSSR count). The molecule has 0 amide bonds.